The van der Waals surface area contributed by atoms with Gasteiger partial charge in [-0.1, -0.05) is 0 Å². The fourth-order valence-corrected chi connectivity index (χ4v) is 0.899. The molecule has 0 aromatic carbocycles. The molecule has 0 rings (SSSR count). The van der Waals surface area contributed by atoms with Gasteiger partial charge in [0, 0.05) is 19.1 Å². The number of hydrogen-bond donors (Lipinski definition) is 2. The van der Waals surface area contributed by atoms with Gasteiger partial charge in [0.1, 0.15) is 0 Å². The van der Waals surface area contributed by atoms with E-state index in [1.165, 1.54) is 0 Å². The van der Waals surface area contributed by atoms with E-state index in [2.05, 4.69) is 15.5 Å². The zero-order valence-corrected chi connectivity index (χ0v) is 10.2. The maximum atomic E-state index is 11.1. The Morgan fingerprint density at radius 3 is 2.53 bits per heavy atom. The number of carbonyl (C=O) groups is 1. The number of carbonyl (C=O) groups excluding carboxylic acids is 1. The molecule has 5 heteroatoms. The molecule has 90 valence electrons. The van der Waals surface area contributed by atoms with E-state index < -0.39 is 0 Å². The van der Waals surface area contributed by atoms with Crippen LogP contribution in [0.2, 0.25) is 0 Å². The van der Waals surface area contributed by atoms with E-state index in [-0.39, 0.29) is 12.1 Å². The fraction of sp³-hybridized carbons (Fsp3) is 0.900. The first-order valence-electron chi connectivity index (χ1n) is 5.29. The van der Waals surface area contributed by atoms with Gasteiger partial charge in [-0.25, -0.2) is 4.79 Å². The third-order valence-electron chi connectivity index (χ3n) is 1.63. The predicted octanol–water partition coefficient (Wildman–Crippen LogP) is 0.272. The van der Waals surface area contributed by atoms with Crippen LogP contribution in [0.15, 0.2) is 0 Å². The van der Waals surface area contributed by atoms with Crippen molar-refractivity contribution in [3.8, 4) is 0 Å². The third-order valence-corrected chi connectivity index (χ3v) is 1.63. The lowest BCUT2D eigenvalue weighted by Crippen LogP contribution is -2.40. The van der Waals surface area contributed by atoms with Crippen LogP contribution in [0.4, 0.5) is 4.79 Å². The van der Waals surface area contributed by atoms with E-state index >= 15 is 0 Å². The summed E-state index contributed by atoms with van der Waals surface area (Å²) in [7, 11) is 4.00. The number of ether oxygens (including phenoxy) is 1. The molecular formula is C10H23N3O2. The Hall–Kier alpha value is -0.810. The van der Waals surface area contributed by atoms with Crippen molar-refractivity contribution in [2.75, 3.05) is 40.4 Å². The zero-order valence-electron chi connectivity index (χ0n) is 10.2. The molecule has 0 aliphatic rings. The highest BCUT2D eigenvalue weighted by Gasteiger charge is 2.00. The van der Waals surface area contributed by atoms with E-state index in [1.54, 1.807) is 0 Å². The smallest absolute Gasteiger partial charge is 0.315 e. The van der Waals surface area contributed by atoms with Gasteiger partial charge < -0.3 is 20.3 Å². The van der Waals surface area contributed by atoms with Crippen LogP contribution in [0.25, 0.3) is 0 Å². The molecule has 0 bridgehead atoms. The molecule has 2 amide bonds. The Kier molecular flexibility index (Phi) is 8.04. The van der Waals surface area contributed by atoms with E-state index in [4.69, 9.17) is 4.74 Å². The predicted molar refractivity (Wildman–Crippen MR) is 61.0 cm³/mol. The average molecular weight is 217 g/mol. The van der Waals surface area contributed by atoms with Gasteiger partial charge in [-0.3, -0.25) is 0 Å². The van der Waals surface area contributed by atoms with Gasteiger partial charge in [0.05, 0.1) is 13.2 Å². The number of rotatable bonds is 7. The molecule has 0 saturated carbocycles. The van der Waals surface area contributed by atoms with Crippen molar-refractivity contribution in [1.82, 2.24) is 15.5 Å². The van der Waals surface area contributed by atoms with Crippen molar-refractivity contribution in [1.29, 1.82) is 0 Å². The number of nitrogens with one attached hydrogen (secondary N) is 2. The zero-order chi connectivity index (χ0) is 11.7. The minimum absolute atomic E-state index is 0.138. The molecule has 15 heavy (non-hydrogen) atoms. The van der Waals surface area contributed by atoms with Gasteiger partial charge in [-0.05, 0) is 27.9 Å². The molecule has 0 spiro atoms. The molecule has 0 aliphatic heterocycles. The van der Waals surface area contributed by atoms with Gasteiger partial charge >= 0.3 is 6.03 Å². The van der Waals surface area contributed by atoms with Crippen LogP contribution in [0, 0.1) is 0 Å². The summed E-state index contributed by atoms with van der Waals surface area (Å²) >= 11 is 0. The van der Waals surface area contributed by atoms with Crippen LogP contribution < -0.4 is 10.6 Å². The third kappa shape index (κ3) is 11.1. The molecule has 0 radical (unpaired) electrons. The van der Waals surface area contributed by atoms with Gasteiger partial charge in [0.25, 0.3) is 0 Å². The first-order valence-corrected chi connectivity index (χ1v) is 5.29. The largest absolute Gasteiger partial charge is 0.378 e. The minimum atomic E-state index is -0.138. The van der Waals surface area contributed by atoms with E-state index in [9.17, 15) is 4.79 Å². The van der Waals surface area contributed by atoms with Crippen molar-refractivity contribution in [3.63, 3.8) is 0 Å². The summed E-state index contributed by atoms with van der Waals surface area (Å²) in [4.78, 5) is 13.2. The summed E-state index contributed by atoms with van der Waals surface area (Å²) in [6, 6.07) is 0.0286. The van der Waals surface area contributed by atoms with Crippen molar-refractivity contribution < 1.29 is 9.53 Å². The standard InChI is InChI=1S/C10H23N3O2/c1-9(2)12-10(14)11-5-7-15-8-6-13(3)4/h9H,5-8H2,1-4H3,(H2,11,12,14). The second kappa shape index (κ2) is 8.49. The summed E-state index contributed by atoms with van der Waals surface area (Å²) in [6.07, 6.45) is 0. The van der Waals surface area contributed by atoms with Crippen LogP contribution in [0.5, 0.6) is 0 Å². The quantitative estimate of drug-likeness (QED) is 0.602. The van der Waals surface area contributed by atoms with Gasteiger partial charge in [-0.2, -0.15) is 0 Å². The van der Waals surface area contributed by atoms with Crippen LogP contribution in [0.1, 0.15) is 13.8 Å². The van der Waals surface area contributed by atoms with Crippen molar-refractivity contribution >= 4 is 6.03 Å². The summed E-state index contributed by atoms with van der Waals surface area (Å²) in [5.41, 5.74) is 0. The second-order valence-corrected chi connectivity index (χ2v) is 3.97. The molecule has 0 heterocycles. The highest BCUT2D eigenvalue weighted by molar-refractivity contribution is 5.73. The SMILES string of the molecule is CC(C)NC(=O)NCCOCCN(C)C. The molecular weight excluding hydrogens is 194 g/mol. The number of nitrogens with zero attached hydrogens (tertiary/aromatic N) is 1. The van der Waals surface area contributed by atoms with Crippen molar-refractivity contribution in [3.05, 3.63) is 0 Å². The highest BCUT2D eigenvalue weighted by Crippen LogP contribution is 1.79. The molecule has 0 aliphatic carbocycles. The lowest BCUT2D eigenvalue weighted by molar-refractivity contribution is 0.120. The lowest BCUT2D eigenvalue weighted by atomic mass is 10.4. The first-order chi connectivity index (χ1) is 7.02. The Labute approximate surface area is 92.2 Å². The lowest BCUT2D eigenvalue weighted by Gasteiger charge is -2.11. The number of amides is 2. The van der Waals surface area contributed by atoms with Crippen molar-refractivity contribution in [2.45, 2.75) is 19.9 Å². The number of likely N-dealkylation sites (N-methyl/N-ethyl adjacent to an activating group) is 1. The molecule has 0 atom stereocenters. The number of hydrogen-bond acceptors (Lipinski definition) is 3. The molecule has 0 unspecified atom stereocenters. The molecule has 0 aromatic heterocycles. The Morgan fingerprint density at radius 2 is 2.00 bits per heavy atom. The summed E-state index contributed by atoms with van der Waals surface area (Å²) in [5, 5.41) is 5.45. The fourth-order valence-electron chi connectivity index (χ4n) is 0.899. The van der Waals surface area contributed by atoms with Crippen LogP contribution in [-0.4, -0.2) is 57.4 Å². The number of urea groups is 1. The van der Waals surface area contributed by atoms with Crippen molar-refractivity contribution in [2.24, 2.45) is 0 Å². The van der Waals surface area contributed by atoms with Crippen LogP contribution in [-0.2, 0) is 4.74 Å². The second-order valence-electron chi connectivity index (χ2n) is 3.97. The summed E-state index contributed by atoms with van der Waals surface area (Å²) in [6.45, 7) is 6.55. The maximum Gasteiger partial charge on any atom is 0.315 e. The van der Waals surface area contributed by atoms with E-state index in [1.807, 2.05) is 27.9 Å². The van der Waals surface area contributed by atoms with Crippen LogP contribution in [0.3, 0.4) is 0 Å². The molecule has 0 fully saturated rings. The first kappa shape index (κ1) is 14.2. The minimum Gasteiger partial charge on any atom is -0.378 e. The Morgan fingerprint density at radius 1 is 1.33 bits per heavy atom. The summed E-state index contributed by atoms with van der Waals surface area (Å²) in [5.74, 6) is 0. The van der Waals surface area contributed by atoms with Gasteiger partial charge in [-0.15, -0.1) is 0 Å². The molecule has 2 N–H and O–H groups in total. The topological polar surface area (TPSA) is 53.6 Å². The van der Waals surface area contributed by atoms with Gasteiger partial charge in [0.15, 0.2) is 0 Å². The Balaban J connectivity index is 3.20. The molecule has 0 saturated heterocycles. The monoisotopic (exact) mass is 217 g/mol. The molecule has 5 nitrogen and oxygen atoms in total. The van der Waals surface area contributed by atoms with E-state index in [0.717, 1.165) is 6.54 Å². The maximum absolute atomic E-state index is 11.1. The Bertz CT molecular complexity index is 172. The average Bonchev–Trinajstić information content (AvgIpc) is 2.09. The van der Waals surface area contributed by atoms with E-state index in [0.29, 0.717) is 19.8 Å². The molecule has 0 aromatic rings. The van der Waals surface area contributed by atoms with Crippen LogP contribution >= 0.6 is 0 Å². The summed E-state index contributed by atoms with van der Waals surface area (Å²) < 4.78 is 5.32. The normalized spacial score (nSPS) is 10.8. The van der Waals surface area contributed by atoms with Gasteiger partial charge in [0.2, 0.25) is 0 Å². The highest BCUT2D eigenvalue weighted by atomic mass is 16.5.